The average Bonchev–Trinajstić information content (AvgIpc) is 3.01. The van der Waals surface area contributed by atoms with Crippen LogP contribution >= 0.6 is 0 Å². The molecule has 0 aromatic heterocycles. The number of hydrogen-bond acceptors (Lipinski definition) is 0. The van der Waals surface area contributed by atoms with E-state index in [1.807, 2.05) is 0 Å². The number of hydrogen-bond donors (Lipinski definition) is 0. The zero-order valence-corrected chi connectivity index (χ0v) is 28.8. The zero-order valence-electron chi connectivity index (χ0n) is 26.8. The van der Waals surface area contributed by atoms with Crippen LogP contribution in [0.2, 0.25) is 26.2 Å². The topological polar surface area (TPSA) is 0 Å². The van der Waals surface area contributed by atoms with Crippen LogP contribution in [-0.2, 0) is 24.2 Å². The van der Waals surface area contributed by atoms with Crippen LogP contribution in [0.4, 0.5) is 0 Å². The van der Waals surface area contributed by atoms with Crippen LogP contribution in [0, 0.1) is 0 Å². The van der Waals surface area contributed by atoms with E-state index in [9.17, 15) is 0 Å². The molecule has 0 fully saturated rings. The lowest BCUT2D eigenvalue weighted by Gasteiger charge is -2.25. The van der Waals surface area contributed by atoms with E-state index in [-0.39, 0.29) is 0 Å². The molecule has 0 unspecified atom stereocenters. The van der Waals surface area contributed by atoms with Gasteiger partial charge in [0.05, 0.1) is 16.1 Å². The molecule has 0 amide bonds. The summed E-state index contributed by atoms with van der Waals surface area (Å²) in [6, 6.07) is 53.8. The molecule has 0 aliphatic heterocycles. The molecule has 0 heterocycles. The highest BCUT2D eigenvalue weighted by atomic mass is 28.3. The van der Waals surface area contributed by atoms with E-state index in [2.05, 4.69) is 184 Å². The lowest BCUT2D eigenvalue weighted by atomic mass is 10.1. The minimum Gasteiger partial charge on any atom is -0.0689 e. The van der Waals surface area contributed by atoms with Gasteiger partial charge >= 0.3 is 0 Å². The van der Waals surface area contributed by atoms with Crippen molar-refractivity contribution in [1.29, 1.82) is 0 Å². The number of benzene rings is 5. The van der Waals surface area contributed by atoms with E-state index in [0.717, 1.165) is 0 Å². The van der Waals surface area contributed by atoms with Crippen LogP contribution in [0.15, 0.2) is 133 Å². The fraction of sp³-hybridized carbons (Fsp3) is 0.190. The Morgan fingerprint density at radius 2 is 0.659 bits per heavy atom. The Morgan fingerprint density at radius 3 is 1.02 bits per heavy atom. The maximum atomic E-state index is 2.54. The third-order valence-electron chi connectivity index (χ3n) is 8.22. The van der Waals surface area contributed by atoms with Crippen molar-refractivity contribution in [3.8, 4) is 0 Å². The summed E-state index contributed by atoms with van der Waals surface area (Å²) in [6.45, 7) is 10.2. The van der Waals surface area contributed by atoms with Crippen molar-refractivity contribution in [2.24, 2.45) is 0 Å². The molecule has 2 heteroatoms. The first-order chi connectivity index (χ1) is 21.2. The molecule has 222 valence electrons. The molecule has 0 saturated heterocycles. The standard InChI is InChI=1S/C42H46Si2/c1-43(2,31-39-26-22-37(23-27-39)20-18-35-12-7-5-8-13-35)33-41-16-11-17-42(30-41)34-44(3,4)32-40-28-24-38(25-29-40)21-19-36-14-9-6-10-15-36/h5-30H,31-34H2,1-4H3/b20-18-,21-19-. The van der Waals surface area contributed by atoms with Crippen molar-refractivity contribution in [1.82, 2.24) is 0 Å². The first kappa shape index (κ1) is 31.4. The second-order valence-corrected chi connectivity index (χ2v) is 23.9. The van der Waals surface area contributed by atoms with Gasteiger partial charge in [0.15, 0.2) is 0 Å². The van der Waals surface area contributed by atoms with Crippen molar-refractivity contribution >= 4 is 40.5 Å². The zero-order chi connectivity index (χ0) is 30.8. The molecule has 0 saturated carbocycles. The second kappa shape index (κ2) is 14.7. The molecule has 0 nitrogen and oxygen atoms in total. The van der Waals surface area contributed by atoms with Gasteiger partial charge in [-0.05, 0) is 46.4 Å². The van der Waals surface area contributed by atoms with Crippen LogP contribution in [0.25, 0.3) is 24.3 Å². The SMILES string of the molecule is C[Si](C)(Cc1ccc(/C=C\c2ccccc2)cc1)Cc1cccc(C[Si](C)(C)Cc2ccc(/C=C\c3ccccc3)cc2)c1. The van der Waals surface area contributed by atoms with Crippen molar-refractivity contribution < 1.29 is 0 Å². The summed E-state index contributed by atoms with van der Waals surface area (Å²) in [4.78, 5) is 0. The fourth-order valence-corrected chi connectivity index (χ4v) is 11.8. The van der Waals surface area contributed by atoms with Gasteiger partial charge < -0.3 is 0 Å². The van der Waals surface area contributed by atoms with Crippen LogP contribution in [0.1, 0.15) is 44.5 Å². The van der Waals surface area contributed by atoms with Gasteiger partial charge in [0.2, 0.25) is 0 Å². The predicted molar refractivity (Wildman–Crippen MR) is 200 cm³/mol. The van der Waals surface area contributed by atoms with Crippen LogP contribution in [0.3, 0.4) is 0 Å². The van der Waals surface area contributed by atoms with Crippen molar-refractivity contribution in [3.63, 3.8) is 0 Å². The Balaban J connectivity index is 1.15. The van der Waals surface area contributed by atoms with Gasteiger partial charge in [-0.25, -0.2) is 0 Å². The average molecular weight is 607 g/mol. The highest BCUT2D eigenvalue weighted by molar-refractivity contribution is 6.76. The van der Waals surface area contributed by atoms with Gasteiger partial charge in [0, 0.05) is 0 Å². The first-order valence-electron chi connectivity index (χ1n) is 15.9. The molecular formula is C42H46Si2. The molecule has 0 N–H and O–H groups in total. The lowest BCUT2D eigenvalue weighted by Crippen LogP contribution is -2.34. The largest absolute Gasteiger partial charge is 0.0689 e. The third kappa shape index (κ3) is 10.0. The Bertz CT molecular complexity index is 1540. The van der Waals surface area contributed by atoms with Crippen molar-refractivity contribution in [3.05, 3.63) is 178 Å². The monoisotopic (exact) mass is 606 g/mol. The molecule has 0 radical (unpaired) electrons. The first-order valence-corrected chi connectivity index (χ1v) is 22.8. The molecule has 0 aliphatic rings. The van der Waals surface area contributed by atoms with Crippen LogP contribution < -0.4 is 0 Å². The van der Waals surface area contributed by atoms with Gasteiger partial charge in [-0.2, -0.15) is 0 Å². The summed E-state index contributed by atoms with van der Waals surface area (Å²) in [5, 5.41) is 0. The van der Waals surface area contributed by atoms with Gasteiger partial charge in [-0.1, -0.05) is 206 Å². The molecule has 0 spiro atoms. The summed E-state index contributed by atoms with van der Waals surface area (Å²) < 4.78 is 0. The molecule has 5 aromatic rings. The molecular weight excluding hydrogens is 561 g/mol. The predicted octanol–water partition coefficient (Wildman–Crippen LogP) is 11.2. The van der Waals surface area contributed by atoms with E-state index in [1.54, 1.807) is 0 Å². The van der Waals surface area contributed by atoms with E-state index >= 15 is 0 Å². The third-order valence-corrected chi connectivity index (χ3v) is 13.7. The molecule has 0 atom stereocenters. The maximum absolute atomic E-state index is 2.54. The Kier molecular flexibility index (Phi) is 10.5. The Labute approximate surface area is 267 Å². The van der Waals surface area contributed by atoms with Crippen LogP contribution in [-0.4, -0.2) is 16.1 Å². The minimum atomic E-state index is -1.46. The Morgan fingerprint density at radius 1 is 0.341 bits per heavy atom. The molecule has 5 rings (SSSR count). The summed E-state index contributed by atoms with van der Waals surface area (Å²) in [6.07, 6.45) is 8.79. The summed E-state index contributed by atoms with van der Waals surface area (Å²) in [5.74, 6) is 0. The quantitative estimate of drug-likeness (QED) is 0.0979. The summed E-state index contributed by atoms with van der Waals surface area (Å²) in [7, 11) is -2.92. The van der Waals surface area contributed by atoms with Gasteiger partial charge in [-0.3, -0.25) is 0 Å². The minimum absolute atomic E-state index is 1.21. The summed E-state index contributed by atoms with van der Waals surface area (Å²) >= 11 is 0. The van der Waals surface area contributed by atoms with Crippen LogP contribution in [0.5, 0.6) is 0 Å². The summed E-state index contributed by atoms with van der Waals surface area (Å²) in [5.41, 5.74) is 10.9. The Hall–Kier alpha value is -3.99. The maximum Gasteiger partial charge on any atom is 0.0561 e. The van der Waals surface area contributed by atoms with Crippen molar-refractivity contribution in [2.75, 3.05) is 0 Å². The molecule has 0 bridgehead atoms. The van der Waals surface area contributed by atoms with E-state index in [1.165, 1.54) is 68.7 Å². The van der Waals surface area contributed by atoms with Gasteiger partial charge in [0.1, 0.15) is 0 Å². The smallest absolute Gasteiger partial charge is 0.0561 e. The fourth-order valence-electron chi connectivity index (χ4n) is 6.19. The highest BCUT2D eigenvalue weighted by Gasteiger charge is 2.24. The highest BCUT2D eigenvalue weighted by Crippen LogP contribution is 2.23. The number of rotatable bonds is 12. The van der Waals surface area contributed by atoms with E-state index in [0.29, 0.717) is 0 Å². The van der Waals surface area contributed by atoms with Crippen molar-refractivity contribution in [2.45, 2.75) is 50.4 Å². The van der Waals surface area contributed by atoms with E-state index < -0.39 is 16.1 Å². The molecule has 44 heavy (non-hydrogen) atoms. The molecule has 0 aliphatic carbocycles. The van der Waals surface area contributed by atoms with Gasteiger partial charge in [-0.15, -0.1) is 0 Å². The normalized spacial score (nSPS) is 12.3. The second-order valence-electron chi connectivity index (χ2n) is 13.8. The lowest BCUT2D eigenvalue weighted by molar-refractivity contribution is 1.17. The van der Waals surface area contributed by atoms with E-state index in [4.69, 9.17) is 0 Å². The van der Waals surface area contributed by atoms with Gasteiger partial charge in [0.25, 0.3) is 0 Å². The molecule has 5 aromatic carbocycles.